The number of fused-ring (bicyclic) bond motifs is 3. The van der Waals surface area contributed by atoms with Crippen molar-refractivity contribution in [1.29, 1.82) is 0 Å². The maximum absolute atomic E-state index is 13.3. The van der Waals surface area contributed by atoms with Gasteiger partial charge in [0.25, 0.3) is 0 Å². The Kier molecular flexibility index (Phi) is 3.76. The van der Waals surface area contributed by atoms with Gasteiger partial charge in [-0.25, -0.2) is 4.90 Å². The van der Waals surface area contributed by atoms with Gasteiger partial charge in [-0.3, -0.25) is 14.5 Å². The number of rotatable bonds is 2. The van der Waals surface area contributed by atoms with Crippen LogP contribution in [-0.2, 0) is 9.59 Å². The molecule has 3 heterocycles. The summed E-state index contributed by atoms with van der Waals surface area (Å²) in [6, 6.07) is 17.7. The van der Waals surface area contributed by atoms with Gasteiger partial charge < -0.3 is 0 Å². The lowest BCUT2D eigenvalue weighted by molar-refractivity contribution is -0.123. The standard InChI is InChI=1S/C21H19BrN2O2/c22-14-10-8-13(9-11-14)19-18-17(16-7-4-12-23(16)19)20(25)24(21(18)26)15-5-2-1-3-6-15/h1-3,5-6,8-11,16-19H,4,7,12H2/t16?,17-,18-,19+/m0/s1. The third-order valence-electron chi connectivity index (χ3n) is 6.08. The Labute approximate surface area is 160 Å². The maximum Gasteiger partial charge on any atom is 0.239 e. The van der Waals surface area contributed by atoms with Gasteiger partial charge in [-0.1, -0.05) is 46.3 Å². The van der Waals surface area contributed by atoms with E-state index in [2.05, 4.69) is 33.0 Å². The van der Waals surface area contributed by atoms with Crippen molar-refractivity contribution in [3.05, 3.63) is 64.6 Å². The molecule has 3 saturated heterocycles. The lowest BCUT2D eigenvalue weighted by Gasteiger charge is -2.28. The SMILES string of the molecule is O=C1[C@@H]2[C@@H](c3ccc(Br)cc3)N3CCCC3[C@@H]2C(=O)N1c1ccccc1. The summed E-state index contributed by atoms with van der Waals surface area (Å²) in [6.45, 7) is 0.963. The van der Waals surface area contributed by atoms with E-state index in [1.165, 1.54) is 4.90 Å². The molecule has 0 bridgehead atoms. The van der Waals surface area contributed by atoms with Crippen molar-refractivity contribution in [3.8, 4) is 0 Å². The largest absolute Gasteiger partial charge is 0.292 e. The van der Waals surface area contributed by atoms with E-state index in [9.17, 15) is 9.59 Å². The lowest BCUT2D eigenvalue weighted by Crippen LogP contribution is -2.39. The molecule has 3 aliphatic heterocycles. The van der Waals surface area contributed by atoms with E-state index in [4.69, 9.17) is 0 Å². The summed E-state index contributed by atoms with van der Waals surface area (Å²) in [6.07, 6.45) is 2.09. The number of benzene rings is 2. The molecular formula is C21H19BrN2O2. The van der Waals surface area contributed by atoms with Gasteiger partial charge in [0.15, 0.2) is 0 Å². The van der Waals surface area contributed by atoms with Gasteiger partial charge in [-0.15, -0.1) is 0 Å². The molecule has 132 valence electrons. The average Bonchev–Trinajstić information content (AvgIpc) is 3.29. The number of hydrogen-bond acceptors (Lipinski definition) is 3. The lowest BCUT2D eigenvalue weighted by atomic mass is 9.85. The fraction of sp³-hybridized carbons (Fsp3) is 0.333. The molecule has 5 rings (SSSR count). The second kappa shape index (κ2) is 6.03. The quantitative estimate of drug-likeness (QED) is 0.707. The molecular weight excluding hydrogens is 392 g/mol. The Balaban J connectivity index is 1.59. The number of carbonyl (C=O) groups excluding carboxylic acids is 2. The third-order valence-corrected chi connectivity index (χ3v) is 6.61. The van der Waals surface area contributed by atoms with Crippen molar-refractivity contribution in [2.24, 2.45) is 11.8 Å². The third kappa shape index (κ3) is 2.23. The van der Waals surface area contributed by atoms with E-state index < -0.39 is 0 Å². The first-order valence-corrected chi connectivity index (χ1v) is 9.90. The number of imide groups is 1. The molecule has 3 fully saturated rings. The van der Waals surface area contributed by atoms with Crippen LogP contribution in [0.2, 0.25) is 0 Å². The normalized spacial score (nSPS) is 30.7. The van der Waals surface area contributed by atoms with E-state index in [0.717, 1.165) is 29.4 Å². The van der Waals surface area contributed by atoms with Crippen molar-refractivity contribution in [3.63, 3.8) is 0 Å². The van der Waals surface area contributed by atoms with Crippen molar-refractivity contribution < 1.29 is 9.59 Å². The van der Waals surface area contributed by atoms with Gasteiger partial charge in [0.2, 0.25) is 11.8 Å². The van der Waals surface area contributed by atoms with Gasteiger partial charge in [-0.2, -0.15) is 0 Å². The number of anilines is 1. The Bertz CT molecular complexity index is 867. The minimum Gasteiger partial charge on any atom is -0.292 e. The predicted molar refractivity (Wildman–Crippen MR) is 103 cm³/mol. The van der Waals surface area contributed by atoms with Crippen LogP contribution in [0, 0.1) is 11.8 Å². The molecule has 0 radical (unpaired) electrons. The first-order valence-electron chi connectivity index (χ1n) is 9.11. The second-order valence-electron chi connectivity index (χ2n) is 7.34. The van der Waals surface area contributed by atoms with Gasteiger partial charge in [0.1, 0.15) is 0 Å². The number of hydrogen-bond donors (Lipinski definition) is 0. The highest BCUT2D eigenvalue weighted by molar-refractivity contribution is 9.10. The zero-order chi connectivity index (χ0) is 17.8. The number of carbonyl (C=O) groups is 2. The second-order valence-corrected chi connectivity index (χ2v) is 8.26. The van der Waals surface area contributed by atoms with E-state index in [1.807, 2.05) is 42.5 Å². The highest BCUT2D eigenvalue weighted by Crippen LogP contribution is 2.53. The summed E-state index contributed by atoms with van der Waals surface area (Å²) in [5.74, 6) is -0.579. The van der Waals surface area contributed by atoms with Crippen LogP contribution in [0.5, 0.6) is 0 Å². The molecule has 2 aromatic rings. The molecule has 2 amide bonds. The van der Waals surface area contributed by atoms with Crippen LogP contribution in [0.15, 0.2) is 59.1 Å². The molecule has 2 aromatic carbocycles. The molecule has 4 atom stereocenters. The fourth-order valence-corrected chi connectivity index (χ4v) is 5.36. The highest BCUT2D eigenvalue weighted by Gasteiger charge is 2.63. The van der Waals surface area contributed by atoms with Crippen LogP contribution in [0.3, 0.4) is 0 Å². The molecule has 26 heavy (non-hydrogen) atoms. The highest BCUT2D eigenvalue weighted by atomic mass is 79.9. The van der Waals surface area contributed by atoms with E-state index >= 15 is 0 Å². The minimum absolute atomic E-state index is 0.00855. The summed E-state index contributed by atoms with van der Waals surface area (Å²) < 4.78 is 1.02. The predicted octanol–water partition coefficient (Wildman–Crippen LogP) is 3.77. The monoisotopic (exact) mass is 410 g/mol. The number of para-hydroxylation sites is 1. The Morgan fingerprint density at radius 2 is 1.58 bits per heavy atom. The Hall–Kier alpha value is -1.98. The van der Waals surface area contributed by atoms with Crippen LogP contribution >= 0.6 is 15.9 Å². The van der Waals surface area contributed by atoms with E-state index in [-0.39, 0.29) is 35.7 Å². The summed E-state index contributed by atoms with van der Waals surface area (Å²) in [5.41, 5.74) is 1.82. The zero-order valence-corrected chi connectivity index (χ0v) is 15.8. The van der Waals surface area contributed by atoms with E-state index in [0.29, 0.717) is 5.69 Å². The summed E-state index contributed by atoms with van der Waals surface area (Å²) in [5, 5.41) is 0. The van der Waals surface area contributed by atoms with Gasteiger partial charge in [0.05, 0.1) is 17.5 Å². The van der Waals surface area contributed by atoms with Crippen LogP contribution in [0.25, 0.3) is 0 Å². The van der Waals surface area contributed by atoms with Crippen molar-refractivity contribution in [2.45, 2.75) is 24.9 Å². The van der Waals surface area contributed by atoms with Crippen molar-refractivity contribution >= 4 is 33.4 Å². The molecule has 3 aliphatic rings. The summed E-state index contributed by atoms with van der Waals surface area (Å²) >= 11 is 3.49. The molecule has 1 unspecified atom stereocenters. The number of nitrogens with zero attached hydrogens (tertiary/aromatic N) is 2. The fourth-order valence-electron chi connectivity index (χ4n) is 5.09. The van der Waals surface area contributed by atoms with Crippen LogP contribution in [0.1, 0.15) is 24.4 Å². The Morgan fingerprint density at radius 3 is 2.31 bits per heavy atom. The molecule has 5 heteroatoms. The van der Waals surface area contributed by atoms with Gasteiger partial charge >= 0.3 is 0 Å². The van der Waals surface area contributed by atoms with Crippen LogP contribution in [-0.4, -0.2) is 29.3 Å². The summed E-state index contributed by atoms with van der Waals surface area (Å²) in [4.78, 5) is 30.4. The van der Waals surface area contributed by atoms with Gasteiger partial charge in [-0.05, 0) is 49.2 Å². The van der Waals surface area contributed by atoms with Crippen LogP contribution in [0.4, 0.5) is 5.69 Å². The summed E-state index contributed by atoms with van der Waals surface area (Å²) in [7, 11) is 0. The van der Waals surface area contributed by atoms with E-state index in [1.54, 1.807) is 0 Å². The molecule has 0 N–H and O–H groups in total. The number of amides is 2. The molecule has 0 spiro atoms. The topological polar surface area (TPSA) is 40.6 Å². The average molecular weight is 411 g/mol. The molecule has 0 aliphatic carbocycles. The first kappa shape index (κ1) is 16.2. The minimum atomic E-state index is -0.283. The van der Waals surface area contributed by atoms with Crippen molar-refractivity contribution in [1.82, 2.24) is 4.90 Å². The molecule has 0 aromatic heterocycles. The molecule has 4 nitrogen and oxygen atoms in total. The van der Waals surface area contributed by atoms with Gasteiger partial charge in [0, 0.05) is 16.6 Å². The zero-order valence-electron chi connectivity index (χ0n) is 14.2. The Morgan fingerprint density at radius 1 is 0.885 bits per heavy atom. The smallest absolute Gasteiger partial charge is 0.239 e. The molecule has 0 saturated carbocycles. The maximum atomic E-state index is 13.3. The van der Waals surface area contributed by atoms with Crippen molar-refractivity contribution in [2.75, 3.05) is 11.4 Å². The van der Waals surface area contributed by atoms with Crippen LogP contribution < -0.4 is 4.90 Å². The number of halogens is 1. The first-order chi connectivity index (χ1) is 12.7.